The lowest BCUT2D eigenvalue weighted by Gasteiger charge is -2.25. The number of hydrogen-bond donors (Lipinski definition) is 6. The summed E-state index contributed by atoms with van der Waals surface area (Å²) < 4.78 is 10.2. The Labute approximate surface area is 279 Å². The Kier molecular flexibility index (Phi) is 19.1. The van der Waals surface area contributed by atoms with Crippen molar-refractivity contribution in [2.24, 2.45) is 23.7 Å². The minimum Gasteiger partial charge on any atom is -0.459 e. The topological polar surface area (TPSA) is 179 Å². The van der Waals surface area contributed by atoms with Gasteiger partial charge in [-0.1, -0.05) is 85.7 Å². The maximum atomic E-state index is 12.5. The van der Waals surface area contributed by atoms with E-state index in [2.05, 4.69) is 21.3 Å². The number of amides is 4. The van der Waals surface area contributed by atoms with Crippen molar-refractivity contribution in [3.8, 4) is 0 Å². The summed E-state index contributed by atoms with van der Waals surface area (Å²) in [6.45, 7) is 15.4. The predicted molar refractivity (Wildman–Crippen MR) is 180 cm³/mol. The molecule has 0 saturated heterocycles. The molecule has 1 aromatic heterocycles. The fraction of sp³-hybridized carbons (Fsp3) is 0.600. The molecule has 2 aromatic rings. The van der Waals surface area contributed by atoms with Crippen molar-refractivity contribution in [2.45, 2.75) is 99.0 Å². The van der Waals surface area contributed by atoms with Gasteiger partial charge in [-0.2, -0.15) is 0 Å². The maximum Gasteiger partial charge on any atom is 0.408 e. The van der Waals surface area contributed by atoms with Crippen LogP contribution in [0.3, 0.4) is 0 Å². The molecule has 0 aliphatic rings. The second kappa shape index (κ2) is 21.8. The molecule has 4 amide bonds. The molecule has 12 nitrogen and oxygen atoms in total. The predicted octanol–water partition coefficient (Wildman–Crippen LogP) is 4.02. The highest BCUT2D eigenvalue weighted by atomic mass is 16.5. The highest BCUT2D eigenvalue weighted by Gasteiger charge is 2.27. The van der Waals surface area contributed by atoms with E-state index < -0.39 is 24.1 Å². The second-order valence-electron chi connectivity index (χ2n) is 13.1. The summed E-state index contributed by atoms with van der Waals surface area (Å²) in [5, 5.41) is 29.6. The molecule has 0 bridgehead atoms. The second-order valence-corrected chi connectivity index (χ2v) is 13.1. The minimum absolute atomic E-state index is 0.0960. The third-order valence-corrected chi connectivity index (χ3v) is 7.26. The molecule has 6 N–H and O–H groups in total. The summed E-state index contributed by atoms with van der Waals surface area (Å²) in [4.78, 5) is 49.0. The van der Waals surface area contributed by atoms with E-state index in [1.165, 1.54) is 6.26 Å². The Morgan fingerprint density at radius 2 is 1.17 bits per heavy atom. The van der Waals surface area contributed by atoms with Crippen LogP contribution >= 0.6 is 0 Å². The largest absolute Gasteiger partial charge is 0.459 e. The van der Waals surface area contributed by atoms with Crippen molar-refractivity contribution in [1.29, 1.82) is 0 Å². The summed E-state index contributed by atoms with van der Waals surface area (Å²) in [5.74, 6) is -0.191. The molecule has 4 atom stereocenters. The van der Waals surface area contributed by atoms with Gasteiger partial charge in [0, 0.05) is 0 Å². The summed E-state index contributed by atoms with van der Waals surface area (Å²) in [6, 6.07) is 10.5. The number of aliphatic hydroxyl groups is 2. The monoisotopic (exact) mass is 660 g/mol. The molecule has 47 heavy (non-hydrogen) atoms. The fourth-order valence-electron chi connectivity index (χ4n) is 4.36. The average molecular weight is 661 g/mol. The SMILES string of the molecule is CC(C)C[C@H](NC(=O)OCc1ccccc1)C(=O)N[C@H](CO)C(C)C.CC(C)C[C@H](NC(=O)c1ccco1)C(=O)N[C@H](CO)C(C)C. The number of benzene rings is 1. The van der Waals surface area contributed by atoms with Crippen LogP contribution in [-0.4, -0.2) is 71.4 Å². The normalized spacial score (nSPS) is 13.7. The van der Waals surface area contributed by atoms with E-state index in [1.54, 1.807) is 12.1 Å². The first-order chi connectivity index (χ1) is 22.2. The molecule has 0 saturated carbocycles. The molecule has 12 heteroatoms. The molecule has 0 unspecified atom stereocenters. The third-order valence-electron chi connectivity index (χ3n) is 7.26. The smallest absolute Gasteiger partial charge is 0.408 e. The van der Waals surface area contributed by atoms with Crippen molar-refractivity contribution in [2.75, 3.05) is 13.2 Å². The van der Waals surface area contributed by atoms with Crippen LogP contribution in [0.25, 0.3) is 0 Å². The number of hydrogen-bond acceptors (Lipinski definition) is 8. The Morgan fingerprint density at radius 3 is 1.57 bits per heavy atom. The average Bonchev–Trinajstić information content (AvgIpc) is 3.56. The van der Waals surface area contributed by atoms with Gasteiger partial charge in [0.25, 0.3) is 5.91 Å². The Hall–Kier alpha value is -3.90. The van der Waals surface area contributed by atoms with Crippen LogP contribution in [0.5, 0.6) is 0 Å². The molecule has 0 aliphatic carbocycles. The molecule has 0 fully saturated rings. The van der Waals surface area contributed by atoms with E-state index in [1.807, 2.05) is 85.7 Å². The number of alkyl carbamates (subject to hydrolysis) is 1. The Morgan fingerprint density at radius 1 is 0.681 bits per heavy atom. The van der Waals surface area contributed by atoms with Gasteiger partial charge in [0.15, 0.2) is 5.76 Å². The molecule has 2 rings (SSSR count). The van der Waals surface area contributed by atoms with E-state index in [4.69, 9.17) is 9.15 Å². The van der Waals surface area contributed by atoms with Crippen LogP contribution in [-0.2, 0) is 20.9 Å². The number of carbonyl (C=O) groups is 4. The number of rotatable bonds is 17. The number of ether oxygens (including phenoxy) is 1. The highest BCUT2D eigenvalue weighted by Crippen LogP contribution is 2.10. The first-order valence-corrected chi connectivity index (χ1v) is 16.3. The molecule has 0 spiro atoms. The van der Waals surface area contributed by atoms with E-state index in [0.717, 1.165) is 5.56 Å². The lowest BCUT2D eigenvalue weighted by atomic mass is 10.0. The molecular weight excluding hydrogens is 604 g/mol. The molecule has 0 aliphatic heterocycles. The van der Waals surface area contributed by atoms with Crippen molar-refractivity contribution in [3.63, 3.8) is 0 Å². The Bertz CT molecular complexity index is 1190. The van der Waals surface area contributed by atoms with Crippen LogP contribution in [0, 0.1) is 23.7 Å². The molecule has 1 heterocycles. The van der Waals surface area contributed by atoms with E-state index in [-0.39, 0.29) is 73.2 Å². The summed E-state index contributed by atoms with van der Waals surface area (Å²) in [7, 11) is 0. The number of carbonyl (C=O) groups excluding carboxylic acids is 4. The maximum absolute atomic E-state index is 12.5. The number of nitrogens with one attached hydrogen (secondary N) is 4. The van der Waals surface area contributed by atoms with E-state index in [9.17, 15) is 29.4 Å². The van der Waals surface area contributed by atoms with Crippen LogP contribution < -0.4 is 21.3 Å². The van der Waals surface area contributed by atoms with Gasteiger partial charge in [-0.05, 0) is 54.2 Å². The van der Waals surface area contributed by atoms with Crippen LogP contribution in [0.2, 0.25) is 0 Å². The summed E-state index contributed by atoms with van der Waals surface area (Å²) in [6.07, 6.45) is 1.78. The first-order valence-electron chi connectivity index (χ1n) is 16.3. The van der Waals surface area contributed by atoms with Crippen molar-refractivity contribution in [3.05, 3.63) is 60.1 Å². The highest BCUT2D eigenvalue weighted by molar-refractivity contribution is 5.95. The lowest BCUT2D eigenvalue weighted by Crippen LogP contribution is -2.52. The molecule has 264 valence electrons. The zero-order chi connectivity index (χ0) is 35.5. The van der Waals surface area contributed by atoms with Crippen LogP contribution in [0.15, 0.2) is 53.1 Å². The van der Waals surface area contributed by atoms with Gasteiger partial charge in [-0.3, -0.25) is 14.4 Å². The molecule has 1 aromatic carbocycles. The van der Waals surface area contributed by atoms with Gasteiger partial charge in [0.1, 0.15) is 18.7 Å². The third kappa shape index (κ3) is 16.5. The van der Waals surface area contributed by atoms with Gasteiger partial charge in [0.05, 0.1) is 31.6 Å². The lowest BCUT2D eigenvalue weighted by molar-refractivity contribution is -0.125. The van der Waals surface area contributed by atoms with Crippen LogP contribution in [0.1, 0.15) is 84.3 Å². The van der Waals surface area contributed by atoms with Gasteiger partial charge in [0.2, 0.25) is 11.8 Å². The fourth-order valence-corrected chi connectivity index (χ4v) is 4.36. The van der Waals surface area contributed by atoms with Crippen molar-refractivity contribution in [1.82, 2.24) is 21.3 Å². The number of aliphatic hydroxyl groups excluding tert-OH is 2. The zero-order valence-electron chi connectivity index (χ0n) is 29.1. The summed E-state index contributed by atoms with van der Waals surface area (Å²) >= 11 is 0. The minimum atomic E-state index is -0.698. The molecule has 0 radical (unpaired) electrons. The van der Waals surface area contributed by atoms with Gasteiger partial charge in [-0.15, -0.1) is 0 Å². The first kappa shape index (κ1) is 41.1. The van der Waals surface area contributed by atoms with Gasteiger partial charge in [-0.25, -0.2) is 4.79 Å². The standard InChI is InChI=1S/C19H30N2O4.C16H26N2O4/c1-13(2)10-16(18(23)20-17(11-22)14(3)4)21-19(24)25-12-15-8-6-5-7-9-15;1-10(2)8-12(15(20)18-13(9-19)11(3)4)17-16(21)14-6-5-7-22-14/h5-9,13-14,16-17,22H,10-12H2,1-4H3,(H,20,23)(H,21,24);5-7,10-13,19H,8-9H2,1-4H3,(H,17,21)(H,18,20)/t16-,17+;12-,13+/m00/s1. The van der Waals surface area contributed by atoms with Crippen molar-refractivity contribution >= 4 is 23.8 Å². The zero-order valence-corrected chi connectivity index (χ0v) is 29.1. The van der Waals surface area contributed by atoms with Gasteiger partial charge >= 0.3 is 6.09 Å². The van der Waals surface area contributed by atoms with E-state index >= 15 is 0 Å². The van der Waals surface area contributed by atoms with Gasteiger partial charge < -0.3 is 40.6 Å². The van der Waals surface area contributed by atoms with E-state index in [0.29, 0.717) is 12.8 Å². The summed E-state index contributed by atoms with van der Waals surface area (Å²) in [5.41, 5.74) is 0.877. The molecular formula is C35H56N4O8. The quantitative estimate of drug-likeness (QED) is 0.147. The Balaban J connectivity index is 0.000000474. The number of furan rings is 1. The van der Waals surface area contributed by atoms with Crippen molar-refractivity contribution < 1.29 is 38.5 Å². The van der Waals surface area contributed by atoms with Crippen LogP contribution in [0.4, 0.5) is 4.79 Å².